The maximum Gasteiger partial charge on any atom is 0.130 e. The van der Waals surface area contributed by atoms with Crippen molar-refractivity contribution in [1.29, 1.82) is 0 Å². The summed E-state index contributed by atoms with van der Waals surface area (Å²) in [6.45, 7) is 5.25. The highest BCUT2D eigenvalue weighted by Gasteiger charge is 2.23. The molecule has 2 aromatic carbocycles. The molecule has 0 saturated carbocycles. The van der Waals surface area contributed by atoms with E-state index >= 15 is 0 Å². The predicted molar refractivity (Wildman–Crippen MR) is 108 cm³/mol. The van der Waals surface area contributed by atoms with Crippen LogP contribution in [-0.2, 0) is 13.1 Å². The average molecular weight is 371 g/mol. The maximum absolute atomic E-state index is 14.7. The van der Waals surface area contributed by atoms with E-state index in [9.17, 15) is 4.39 Å². The number of pyridine rings is 1. The topological polar surface area (TPSA) is 56.8 Å². The number of aromatic amines is 1. The number of halogens is 1. The molecule has 28 heavy (non-hydrogen) atoms. The molecule has 0 saturated heterocycles. The molecule has 5 rings (SSSR count). The molecule has 0 atom stereocenters. The van der Waals surface area contributed by atoms with Crippen molar-refractivity contribution in [2.45, 2.75) is 13.1 Å². The quantitative estimate of drug-likeness (QED) is 0.540. The maximum atomic E-state index is 14.7. The van der Waals surface area contributed by atoms with Crippen LogP contribution in [0.5, 0.6) is 0 Å². The molecule has 2 aromatic heterocycles. The first-order valence-electron chi connectivity index (χ1n) is 9.04. The van der Waals surface area contributed by atoms with Gasteiger partial charge in [0.05, 0.1) is 24.0 Å². The van der Waals surface area contributed by atoms with E-state index in [4.69, 9.17) is 0 Å². The van der Waals surface area contributed by atoms with Crippen molar-refractivity contribution in [3.63, 3.8) is 0 Å². The van der Waals surface area contributed by atoms with Crippen LogP contribution in [0.15, 0.2) is 67.5 Å². The Bertz CT molecular complexity index is 1200. The van der Waals surface area contributed by atoms with Crippen LogP contribution >= 0.6 is 0 Å². The van der Waals surface area contributed by atoms with Gasteiger partial charge in [-0.15, -0.1) is 0 Å². The Labute approximate surface area is 161 Å². The Kier molecular flexibility index (Phi) is 3.83. The van der Waals surface area contributed by atoms with Crippen molar-refractivity contribution >= 4 is 28.0 Å². The molecule has 3 heterocycles. The first-order chi connectivity index (χ1) is 13.7. The molecule has 2 N–H and O–H groups in total. The molecule has 0 amide bonds. The fraction of sp³-hybridized carbons (Fsp3) is 0.0909. The highest BCUT2D eigenvalue weighted by Crippen LogP contribution is 2.32. The minimum Gasteiger partial charge on any atom is -0.361 e. The zero-order chi connectivity index (χ0) is 19.1. The number of aromatic nitrogens is 3. The summed E-state index contributed by atoms with van der Waals surface area (Å²) in [5, 5.41) is 11.2. The van der Waals surface area contributed by atoms with Crippen LogP contribution in [0.25, 0.3) is 16.6 Å². The highest BCUT2D eigenvalue weighted by molar-refractivity contribution is 5.82. The third-order valence-electron chi connectivity index (χ3n) is 5.07. The Morgan fingerprint density at radius 1 is 1.14 bits per heavy atom. The first-order valence-corrected chi connectivity index (χ1v) is 9.04. The summed E-state index contributed by atoms with van der Waals surface area (Å²) < 4.78 is 14.7. The van der Waals surface area contributed by atoms with Gasteiger partial charge in [-0.1, -0.05) is 12.6 Å². The third kappa shape index (κ3) is 2.89. The zero-order valence-corrected chi connectivity index (χ0v) is 15.1. The van der Waals surface area contributed by atoms with Gasteiger partial charge < -0.3 is 10.2 Å². The van der Waals surface area contributed by atoms with Crippen molar-refractivity contribution in [3.8, 4) is 0 Å². The molecule has 0 bridgehead atoms. The van der Waals surface area contributed by atoms with Crippen molar-refractivity contribution in [3.05, 3.63) is 90.1 Å². The van der Waals surface area contributed by atoms with Crippen LogP contribution in [0.3, 0.4) is 0 Å². The van der Waals surface area contributed by atoms with Gasteiger partial charge in [-0.25, -0.2) is 4.39 Å². The number of hydrogen-bond acceptors (Lipinski definition) is 4. The van der Waals surface area contributed by atoms with Gasteiger partial charge in [-0.3, -0.25) is 10.1 Å². The Morgan fingerprint density at radius 2 is 2.00 bits per heavy atom. The normalized spacial score (nSPS) is 13.2. The number of benzene rings is 2. The van der Waals surface area contributed by atoms with Gasteiger partial charge in [0, 0.05) is 46.3 Å². The fourth-order valence-corrected chi connectivity index (χ4v) is 3.57. The van der Waals surface area contributed by atoms with E-state index in [1.54, 1.807) is 12.4 Å². The summed E-state index contributed by atoms with van der Waals surface area (Å²) in [7, 11) is 0. The second-order valence-electron chi connectivity index (χ2n) is 6.90. The molecule has 1 aliphatic rings. The van der Waals surface area contributed by atoms with Gasteiger partial charge >= 0.3 is 0 Å². The molecule has 0 aliphatic carbocycles. The predicted octanol–water partition coefficient (Wildman–Crippen LogP) is 4.83. The van der Waals surface area contributed by atoms with E-state index in [0.717, 1.165) is 33.5 Å². The monoisotopic (exact) mass is 371 g/mol. The number of anilines is 2. The standard InChI is InChI=1S/C22H18FN5/c1-14-19-3-2-8-24-22(19)13-28(14)12-15-4-5-18(10-20(15)23)26-17-6-7-21-16(9-17)11-25-27-21/h2-11,26H,1,12-13H2,(H,25,27). The van der Waals surface area contributed by atoms with E-state index in [2.05, 4.69) is 32.0 Å². The lowest BCUT2D eigenvalue weighted by Gasteiger charge is -2.20. The molecule has 0 fully saturated rings. The van der Waals surface area contributed by atoms with Crippen molar-refractivity contribution < 1.29 is 4.39 Å². The number of nitrogens with zero attached hydrogens (tertiary/aromatic N) is 3. The van der Waals surface area contributed by atoms with E-state index in [1.807, 2.05) is 42.5 Å². The van der Waals surface area contributed by atoms with Crippen LogP contribution in [-0.4, -0.2) is 20.1 Å². The van der Waals surface area contributed by atoms with Crippen LogP contribution in [0, 0.1) is 5.82 Å². The molecule has 4 aromatic rings. The van der Waals surface area contributed by atoms with E-state index in [0.29, 0.717) is 24.3 Å². The molecule has 0 radical (unpaired) electrons. The summed E-state index contributed by atoms with van der Waals surface area (Å²) in [5.74, 6) is -0.244. The average Bonchev–Trinajstić information content (AvgIpc) is 3.28. The smallest absolute Gasteiger partial charge is 0.130 e. The van der Waals surface area contributed by atoms with Crippen molar-refractivity contribution in [2.24, 2.45) is 0 Å². The van der Waals surface area contributed by atoms with Crippen molar-refractivity contribution in [2.75, 3.05) is 5.32 Å². The Balaban J connectivity index is 1.33. The largest absolute Gasteiger partial charge is 0.361 e. The lowest BCUT2D eigenvalue weighted by molar-refractivity contribution is 0.391. The van der Waals surface area contributed by atoms with E-state index in [-0.39, 0.29) is 5.82 Å². The van der Waals surface area contributed by atoms with E-state index in [1.165, 1.54) is 6.07 Å². The number of H-pyrrole nitrogens is 1. The van der Waals surface area contributed by atoms with Crippen LogP contribution < -0.4 is 5.32 Å². The first kappa shape index (κ1) is 16.5. The van der Waals surface area contributed by atoms with Crippen LogP contribution in [0.4, 0.5) is 15.8 Å². The lowest BCUT2D eigenvalue weighted by atomic mass is 10.1. The molecule has 5 nitrogen and oxygen atoms in total. The lowest BCUT2D eigenvalue weighted by Crippen LogP contribution is -2.15. The summed E-state index contributed by atoms with van der Waals surface area (Å²) in [5.41, 5.74) is 6.10. The number of hydrogen-bond donors (Lipinski definition) is 2. The summed E-state index contributed by atoms with van der Waals surface area (Å²) >= 11 is 0. The number of fused-ring (bicyclic) bond motifs is 2. The third-order valence-corrected chi connectivity index (χ3v) is 5.07. The van der Waals surface area contributed by atoms with Crippen LogP contribution in [0.2, 0.25) is 0 Å². The van der Waals surface area contributed by atoms with Gasteiger partial charge in [0.1, 0.15) is 5.82 Å². The SMILES string of the molecule is C=C1c2cccnc2CN1Cc1ccc(Nc2ccc3[nH]ncc3c2)cc1F. The molecule has 1 aliphatic heterocycles. The van der Waals surface area contributed by atoms with Gasteiger partial charge in [-0.05, 0) is 42.5 Å². The van der Waals surface area contributed by atoms with Crippen molar-refractivity contribution in [1.82, 2.24) is 20.1 Å². The summed E-state index contributed by atoms with van der Waals surface area (Å²) in [6.07, 6.45) is 3.54. The number of nitrogens with one attached hydrogen (secondary N) is 2. The minimum absolute atomic E-state index is 0.244. The molecule has 6 heteroatoms. The molecular weight excluding hydrogens is 353 g/mol. The van der Waals surface area contributed by atoms with Gasteiger partial charge in [0.15, 0.2) is 0 Å². The molecule has 0 unspecified atom stereocenters. The molecule has 0 spiro atoms. The molecule has 138 valence electrons. The second kappa shape index (κ2) is 6.49. The second-order valence-corrected chi connectivity index (χ2v) is 6.90. The van der Waals surface area contributed by atoms with Crippen LogP contribution in [0.1, 0.15) is 16.8 Å². The fourth-order valence-electron chi connectivity index (χ4n) is 3.57. The Hall–Kier alpha value is -3.67. The number of rotatable bonds is 4. The van der Waals surface area contributed by atoms with Gasteiger partial charge in [0.25, 0.3) is 0 Å². The Morgan fingerprint density at radius 3 is 2.86 bits per heavy atom. The summed E-state index contributed by atoms with van der Waals surface area (Å²) in [4.78, 5) is 6.44. The van der Waals surface area contributed by atoms with Gasteiger partial charge in [-0.2, -0.15) is 5.10 Å². The highest BCUT2D eigenvalue weighted by atomic mass is 19.1. The summed E-state index contributed by atoms with van der Waals surface area (Å²) in [6, 6.07) is 15.0. The molecular formula is C22H18FN5. The van der Waals surface area contributed by atoms with Gasteiger partial charge in [0.2, 0.25) is 0 Å². The zero-order valence-electron chi connectivity index (χ0n) is 15.1. The minimum atomic E-state index is -0.244. The van der Waals surface area contributed by atoms with E-state index < -0.39 is 0 Å².